The van der Waals surface area contributed by atoms with E-state index in [0.29, 0.717) is 23.1 Å². The van der Waals surface area contributed by atoms with Crippen LogP contribution in [0.3, 0.4) is 0 Å². The number of hydrogen-bond donors (Lipinski definition) is 0. The van der Waals surface area contributed by atoms with E-state index in [-0.39, 0.29) is 5.82 Å². The molecule has 2 aromatic carbocycles. The van der Waals surface area contributed by atoms with Gasteiger partial charge in [-0.15, -0.1) is 11.3 Å². The minimum atomic E-state index is -0.539. The number of rotatable bonds is 13. The van der Waals surface area contributed by atoms with Gasteiger partial charge in [0.05, 0.1) is 18.0 Å². The van der Waals surface area contributed by atoms with Gasteiger partial charge in [-0.2, -0.15) is 0 Å². The second-order valence-electron chi connectivity index (χ2n) is 8.14. The number of anilines is 2. The fourth-order valence-electron chi connectivity index (χ4n) is 3.47. The first kappa shape index (κ1) is 26.3. The molecule has 0 N–H and O–H groups in total. The summed E-state index contributed by atoms with van der Waals surface area (Å²) in [5.41, 5.74) is 1.93. The van der Waals surface area contributed by atoms with Crippen molar-refractivity contribution in [2.24, 2.45) is 0 Å². The van der Waals surface area contributed by atoms with E-state index in [2.05, 4.69) is 11.9 Å². The Labute approximate surface area is 209 Å². The zero-order chi connectivity index (χ0) is 25.0. The van der Waals surface area contributed by atoms with Crippen LogP contribution >= 0.6 is 11.3 Å². The molecule has 0 aliphatic rings. The van der Waals surface area contributed by atoms with Gasteiger partial charge < -0.3 is 9.47 Å². The topological polar surface area (TPSA) is 68.7 Å². The van der Waals surface area contributed by atoms with Crippen molar-refractivity contribution in [3.8, 4) is 17.0 Å². The van der Waals surface area contributed by atoms with E-state index in [1.54, 1.807) is 29.6 Å². The summed E-state index contributed by atoms with van der Waals surface area (Å²) >= 11 is 1.27. The summed E-state index contributed by atoms with van der Waals surface area (Å²) in [7, 11) is 0. The molecule has 0 unspecified atom stereocenters. The summed E-state index contributed by atoms with van der Waals surface area (Å²) in [5, 5.41) is 2.22. The van der Waals surface area contributed by atoms with Gasteiger partial charge in [-0.1, -0.05) is 39.0 Å². The highest BCUT2D eigenvalue weighted by molar-refractivity contribution is 7.14. The van der Waals surface area contributed by atoms with E-state index in [1.165, 1.54) is 61.0 Å². The molecule has 0 aliphatic carbocycles. The second kappa shape index (κ2) is 13.6. The Bertz CT molecular complexity index is 1080. The van der Waals surface area contributed by atoms with Crippen molar-refractivity contribution in [1.29, 1.82) is 0 Å². The normalized spacial score (nSPS) is 10.7. The van der Waals surface area contributed by atoms with Gasteiger partial charge in [0.2, 0.25) is 0 Å². The lowest BCUT2D eigenvalue weighted by atomic mass is 10.1. The standard InChI is InChI=1S/C27H31FN2O4S/c1-3-4-5-6-7-8-17-33-24-15-13-23(14-16-24)30(26(32)18-34-20(2)31)27-29-25(19-35-27)21-9-11-22(28)12-10-21/h9-16,19H,3-8,17-18H2,1-2H3. The minimum absolute atomic E-state index is 0.332. The highest BCUT2D eigenvalue weighted by Gasteiger charge is 2.23. The molecule has 6 nitrogen and oxygen atoms in total. The molecule has 0 atom stereocenters. The lowest BCUT2D eigenvalue weighted by Crippen LogP contribution is -2.30. The molecular formula is C27H31FN2O4S. The van der Waals surface area contributed by atoms with Crippen molar-refractivity contribution in [1.82, 2.24) is 4.98 Å². The zero-order valence-electron chi connectivity index (χ0n) is 20.2. The first-order valence-corrected chi connectivity index (χ1v) is 12.8. The van der Waals surface area contributed by atoms with Crippen LogP contribution in [-0.2, 0) is 14.3 Å². The van der Waals surface area contributed by atoms with Gasteiger partial charge in [-0.05, 0) is 55.0 Å². The van der Waals surface area contributed by atoms with Crippen LogP contribution < -0.4 is 9.64 Å². The lowest BCUT2D eigenvalue weighted by Gasteiger charge is -2.20. The van der Waals surface area contributed by atoms with Crippen LogP contribution in [0, 0.1) is 5.82 Å². The number of carbonyl (C=O) groups excluding carboxylic acids is 2. The summed E-state index contributed by atoms with van der Waals surface area (Å²) < 4.78 is 24.1. The van der Waals surface area contributed by atoms with E-state index in [0.717, 1.165) is 24.2 Å². The van der Waals surface area contributed by atoms with Crippen LogP contribution in [-0.4, -0.2) is 30.1 Å². The summed E-state index contributed by atoms with van der Waals surface area (Å²) in [6.07, 6.45) is 7.16. The summed E-state index contributed by atoms with van der Waals surface area (Å²) in [5.74, 6) is -0.578. The maximum absolute atomic E-state index is 13.3. The molecule has 0 fully saturated rings. The molecule has 186 valence electrons. The van der Waals surface area contributed by atoms with Crippen molar-refractivity contribution in [3.63, 3.8) is 0 Å². The highest BCUT2D eigenvalue weighted by atomic mass is 32.1. The number of halogens is 1. The van der Waals surface area contributed by atoms with Crippen molar-refractivity contribution in [2.45, 2.75) is 52.4 Å². The van der Waals surface area contributed by atoms with E-state index in [9.17, 15) is 14.0 Å². The van der Waals surface area contributed by atoms with Gasteiger partial charge in [0.1, 0.15) is 11.6 Å². The van der Waals surface area contributed by atoms with Crippen molar-refractivity contribution in [3.05, 3.63) is 59.7 Å². The molecule has 3 aromatic rings. The Balaban J connectivity index is 1.71. The molecule has 35 heavy (non-hydrogen) atoms. The first-order chi connectivity index (χ1) is 17.0. The van der Waals surface area contributed by atoms with Gasteiger partial charge in [-0.3, -0.25) is 14.5 Å². The second-order valence-corrected chi connectivity index (χ2v) is 8.98. The first-order valence-electron chi connectivity index (χ1n) is 11.9. The van der Waals surface area contributed by atoms with Crippen molar-refractivity contribution < 1.29 is 23.5 Å². The monoisotopic (exact) mass is 498 g/mol. The molecule has 0 aliphatic heterocycles. The molecule has 0 radical (unpaired) electrons. The van der Waals surface area contributed by atoms with Gasteiger partial charge >= 0.3 is 5.97 Å². The fraction of sp³-hybridized carbons (Fsp3) is 0.370. The predicted molar refractivity (Wildman–Crippen MR) is 137 cm³/mol. The third-order valence-corrected chi connectivity index (χ3v) is 6.16. The van der Waals surface area contributed by atoms with Crippen LogP contribution in [0.5, 0.6) is 5.75 Å². The molecule has 1 heterocycles. The van der Waals surface area contributed by atoms with Crippen LogP contribution in [0.15, 0.2) is 53.9 Å². The highest BCUT2D eigenvalue weighted by Crippen LogP contribution is 2.33. The SMILES string of the molecule is CCCCCCCCOc1ccc(N(C(=O)COC(C)=O)c2nc(-c3ccc(F)cc3)cs2)cc1. The van der Waals surface area contributed by atoms with E-state index >= 15 is 0 Å². The third kappa shape index (κ3) is 8.17. The number of carbonyl (C=O) groups is 2. The molecule has 1 amide bonds. The summed E-state index contributed by atoms with van der Waals surface area (Å²) in [6, 6.07) is 13.2. The average molecular weight is 499 g/mol. The molecule has 0 spiro atoms. The molecule has 8 heteroatoms. The fourth-order valence-corrected chi connectivity index (χ4v) is 4.34. The van der Waals surface area contributed by atoms with E-state index in [1.807, 2.05) is 12.1 Å². The van der Waals surface area contributed by atoms with Gasteiger partial charge in [0.15, 0.2) is 11.7 Å². The maximum atomic E-state index is 13.3. The predicted octanol–water partition coefficient (Wildman–Crippen LogP) is 6.92. The van der Waals surface area contributed by atoms with Crippen molar-refractivity contribution in [2.75, 3.05) is 18.1 Å². The van der Waals surface area contributed by atoms with E-state index in [4.69, 9.17) is 9.47 Å². The lowest BCUT2D eigenvalue weighted by molar-refractivity contribution is -0.145. The molecule has 3 rings (SSSR count). The Morgan fingerprint density at radius 2 is 1.66 bits per heavy atom. The van der Waals surface area contributed by atoms with Crippen LogP contribution in [0.25, 0.3) is 11.3 Å². The number of aromatic nitrogens is 1. The summed E-state index contributed by atoms with van der Waals surface area (Å²) in [6.45, 7) is 3.70. The zero-order valence-corrected chi connectivity index (χ0v) is 21.0. The number of amides is 1. The number of thiazole rings is 1. The number of unbranched alkanes of at least 4 members (excludes halogenated alkanes) is 5. The number of nitrogens with zero attached hydrogens (tertiary/aromatic N) is 2. The summed E-state index contributed by atoms with van der Waals surface area (Å²) in [4.78, 5) is 30.2. The number of benzene rings is 2. The van der Waals surface area contributed by atoms with E-state index < -0.39 is 18.5 Å². The largest absolute Gasteiger partial charge is 0.494 e. The molecule has 1 aromatic heterocycles. The molecular weight excluding hydrogens is 467 g/mol. The third-order valence-electron chi connectivity index (χ3n) is 5.33. The Morgan fingerprint density at radius 3 is 2.34 bits per heavy atom. The van der Waals surface area contributed by atoms with Gasteiger partial charge in [0.25, 0.3) is 5.91 Å². The Kier molecular flexibility index (Phi) is 10.2. The average Bonchev–Trinajstić information content (AvgIpc) is 3.33. The quantitative estimate of drug-likeness (QED) is 0.189. The van der Waals surface area contributed by atoms with Crippen LogP contribution in [0.2, 0.25) is 0 Å². The van der Waals surface area contributed by atoms with Gasteiger partial charge in [-0.25, -0.2) is 9.37 Å². The number of ether oxygens (including phenoxy) is 2. The smallest absolute Gasteiger partial charge is 0.303 e. The Morgan fingerprint density at radius 1 is 0.971 bits per heavy atom. The Hall–Kier alpha value is -3.26. The van der Waals surface area contributed by atoms with Crippen molar-refractivity contribution >= 4 is 34.0 Å². The number of esters is 1. The van der Waals surface area contributed by atoms with Crippen LogP contribution in [0.1, 0.15) is 52.4 Å². The molecule has 0 saturated carbocycles. The maximum Gasteiger partial charge on any atom is 0.303 e. The van der Waals surface area contributed by atoms with Crippen LogP contribution in [0.4, 0.5) is 15.2 Å². The molecule has 0 saturated heterocycles. The van der Waals surface area contributed by atoms with Gasteiger partial charge in [0, 0.05) is 17.9 Å². The number of hydrogen-bond acceptors (Lipinski definition) is 6. The minimum Gasteiger partial charge on any atom is -0.494 e. The molecule has 0 bridgehead atoms.